The molecule has 0 saturated carbocycles. The molecule has 0 N–H and O–H groups in total. The topological polar surface area (TPSA) is 20.3 Å². The first-order valence-corrected chi connectivity index (χ1v) is 12.8. The second-order valence-corrected chi connectivity index (χ2v) is 9.88. The lowest BCUT2D eigenvalue weighted by Gasteiger charge is -2.29. The molecule has 170 valence electrons. The molecule has 0 aromatic heterocycles. The van der Waals surface area contributed by atoms with Crippen LogP contribution in [0.25, 0.3) is 0 Å². The van der Waals surface area contributed by atoms with Crippen LogP contribution in [0, 0.1) is 0 Å². The smallest absolute Gasteiger partial charge is 0.245 e. The number of alkyl halides is 1. The van der Waals surface area contributed by atoms with Crippen LogP contribution in [-0.2, 0) is 37.0 Å². The summed E-state index contributed by atoms with van der Waals surface area (Å²) in [4.78, 5) is 15.6. The Bertz CT molecular complexity index is 1250. The van der Waals surface area contributed by atoms with Gasteiger partial charge in [0.1, 0.15) is 4.83 Å². The van der Waals surface area contributed by atoms with Crippen LogP contribution in [0.15, 0.2) is 103 Å². The van der Waals surface area contributed by atoms with E-state index in [1.165, 1.54) is 22.3 Å². The molecule has 0 saturated heterocycles. The quantitative estimate of drug-likeness (QED) is 0.259. The molecule has 4 aliphatic rings. The zero-order valence-corrected chi connectivity index (χ0v) is 20.7. The lowest BCUT2D eigenvalue weighted by molar-refractivity contribution is -0.118. The van der Waals surface area contributed by atoms with Crippen LogP contribution in [0.2, 0.25) is 0 Å². The van der Waals surface area contributed by atoms with Gasteiger partial charge >= 0.3 is 0 Å². The van der Waals surface area contributed by atoms with Crippen LogP contribution in [0.3, 0.4) is 0 Å². The first kappa shape index (κ1) is 22.6. The minimum atomic E-state index is -0.403. The maximum atomic E-state index is 14.0. The third kappa shape index (κ3) is 5.15. The van der Waals surface area contributed by atoms with Crippen LogP contribution < -0.4 is 4.90 Å². The van der Waals surface area contributed by atoms with Gasteiger partial charge in [0, 0.05) is 5.69 Å². The third-order valence-corrected chi connectivity index (χ3v) is 7.53. The molecule has 0 aliphatic heterocycles. The van der Waals surface area contributed by atoms with Gasteiger partial charge in [0.25, 0.3) is 0 Å². The van der Waals surface area contributed by atoms with E-state index >= 15 is 0 Å². The molecule has 0 heterocycles. The zero-order chi connectivity index (χ0) is 23.3. The summed E-state index contributed by atoms with van der Waals surface area (Å²) in [6, 6.07) is 35.9. The van der Waals surface area contributed by atoms with E-state index in [9.17, 15) is 4.79 Å². The fourth-order valence-electron chi connectivity index (χ4n) is 4.62. The Morgan fingerprint density at radius 3 is 1.94 bits per heavy atom. The molecule has 34 heavy (non-hydrogen) atoms. The van der Waals surface area contributed by atoms with Crippen molar-refractivity contribution in [2.24, 2.45) is 0 Å². The molecule has 2 nitrogen and oxygen atoms in total. The van der Waals surface area contributed by atoms with Crippen molar-refractivity contribution in [3.8, 4) is 0 Å². The van der Waals surface area contributed by atoms with Crippen LogP contribution in [0.5, 0.6) is 0 Å². The lowest BCUT2D eigenvalue weighted by Crippen LogP contribution is -2.34. The van der Waals surface area contributed by atoms with Gasteiger partial charge in [-0.15, -0.1) is 0 Å². The van der Waals surface area contributed by atoms with Crippen LogP contribution in [0.4, 0.5) is 5.69 Å². The summed E-state index contributed by atoms with van der Waals surface area (Å²) in [5.74, 6) is 0.0592. The third-order valence-electron chi connectivity index (χ3n) is 6.61. The van der Waals surface area contributed by atoms with Gasteiger partial charge in [-0.05, 0) is 65.1 Å². The maximum absolute atomic E-state index is 14.0. The highest BCUT2D eigenvalue weighted by molar-refractivity contribution is 9.09. The van der Waals surface area contributed by atoms with Gasteiger partial charge in [-0.2, -0.15) is 0 Å². The minimum absolute atomic E-state index is 0.0592. The number of hydrogen-bond acceptors (Lipinski definition) is 1. The van der Waals surface area contributed by atoms with E-state index in [2.05, 4.69) is 70.5 Å². The molecular formula is C31H28BrNO. The molecule has 8 rings (SSSR count). The standard InChI is InChI=1S/C31H28BrNO/c32-30(28-9-5-2-6-10-28)31(34)33(22-26-7-3-1-4-8-26)29-21-25-16-15-23-11-13-24(14-12-23)17-19-27(29)20-18-25/h1-14,18,20-21,30H,15-17,19,22H2. The summed E-state index contributed by atoms with van der Waals surface area (Å²) >= 11 is 3.72. The minimum Gasteiger partial charge on any atom is -0.306 e. The number of hydrogen-bond donors (Lipinski definition) is 0. The molecule has 1 unspecified atom stereocenters. The number of aryl methyl sites for hydroxylation is 4. The van der Waals surface area contributed by atoms with Gasteiger partial charge < -0.3 is 4.90 Å². The monoisotopic (exact) mass is 509 g/mol. The Labute approximate surface area is 210 Å². The Balaban J connectivity index is 1.55. The molecule has 3 heteroatoms. The van der Waals surface area contributed by atoms with Gasteiger partial charge in [0.15, 0.2) is 0 Å². The number of benzene rings is 4. The van der Waals surface area contributed by atoms with Crippen LogP contribution in [0.1, 0.15) is 38.2 Å². The second kappa shape index (κ2) is 10.4. The molecule has 4 aromatic carbocycles. The normalized spacial score (nSPS) is 13.7. The van der Waals surface area contributed by atoms with Crippen LogP contribution >= 0.6 is 15.9 Å². The SMILES string of the molecule is O=C(C(Br)c1ccccc1)N(Cc1ccccc1)c1cc2ccc1CCc1ccc(cc1)CC2. The van der Waals surface area contributed by atoms with Gasteiger partial charge in [0.2, 0.25) is 5.91 Å². The number of nitrogens with zero attached hydrogens (tertiary/aromatic N) is 1. The summed E-state index contributed by atoms with van der Waals surface area (Å²) < 4.78 is 0. The first-order chi connectivity index (χ1) is 16.7. The predicted octanol–water partition coefficient (Wildman–Crippen LogP) is 7.24. The number of halogens is 1. The Kier molecular flexibility index (Phi) is 6.92. The average Bonchev–Trinajstić information content (AvgIpc) is 2.89. The summed E-state index contributed by atoms with van der Waals surface area (Å²) in [5, 5.41) is 0. The van der Waals surface area contributed by atoms with E-state index in [-0.39, 0.29) is 5.91 Å². The Hall–Kier alpha value is -3.17. The van der Waals surface area contributed by atoms with Crippen molar-refractivity contribution in [3.05, 3.63) is 137 Å². The number of carbonyl (C=O) groups is 1. The summed E-state index contributed by atoms with van der Waals surface area (Å²) in [6.45, 7) is 0.540. The van der Waals surface area contributed by atoms with Gasteiger partial charge in [-0.1, -0.05) is 113 Å². The second-order valence-electron chi connectivity index (χ2n) is 8.96. The summed E-state index contributed by atoms with van der Waals surface area (Å²) in [5.41, 5.74) is 8.29. The predicted molar refractivity (Wildman–Crippen MR) is 143 cm³/mol. The van der Waals surface area contributed by atoms with Crippen molar-refractivity contribution >= 4 is 27.5 Å². The van der Waals surface area contributed by atoms with Crippen LogP contribution in [-0.4, -0.2) is 5.91 Å². The van der Waals surface area contributed by atoms with E-state index in [1.54, 1.807) is 0 Å². The highest BCUT2D eigenvalue weighted by Gasteiger charge is 2.27. The van der Waals surface area contributed by atoms with Crippen molar-refractivity contribution in [2.75, 3.05) is 4.90 Å². The molecule has 4 aromatic rings. The van der Waals surface area contributed by atoms with E-state index in [0.29, 0.717) is 6.54 Å². The van der Waals surface area contributed by atoms with E-state index in [4.69, 9.17) is 0 Å². The lowest BCUT2D eigenvalue weighted by atomic mass is 9.94. The summed E-state index contributed by atoms with van der Waals surface area (Å²) in [6.07, 6.45) is 3.80. The van der Waals surface area contributed by atoms with E-state index in [1.807, 2.05) is 53.4 Å². The number of rotatable bonds is 5. The van der Waals surface area contributed by atoms with Crippen molar-refractivity contribution in [1.82, 2.24) is 0 Å². The fraction of sp³-hybridized carbons (Fsp3) is 0.194. The molecule has 4 bridgehead atoms. The molecule has 4 aliphatic carbocycles. The fourth-order valence-corrected chi connectivity index (χ4v) is 5.17. The highest BCUT2D eigenvalue weighted by atomic mass is 79.9. The average molecular weight is 510 g/mol. The van der Waals surface area contributed by atoms with Gasteiger partial charge in [-0.25, -0.2) is 0 Å². The summed E-state index contributed by atoms with van der Waals surface area (Å²) in [7, 11) is 0. The van der Waals surface area contributed by atoms with Crippen molar-refractivity contribution in [3.63, 3.8) is 0 Å². The molecular weight excluding hydrogens is 482 g/mol. The van der Waals surface area contributed by atoms with E-state index in [0.717, 1.165) is 42.5 Å². The number of anilines is 1. The van der Waals surface area contributed by atoms with Crippen molar-refractivity contribution < 1.29 is 4.79 Å². The molecule has 1 amide bonds. The van der Waals surface area contributed by atoms with Gasteiger partial charge in [-0.3, -0.25) is 4.79 Å². The van der Waals surface area contributed by atoms with Crippen molar-refractivity contribution in [2.45, 2.75) is 37.1 Å². The Morgan fingerprint density at radius 2 is 1.26 bits per heavy atom. The number of amides is 1. The zero-order valence-electron chi connectivity index (χ0n) is 19.2. The highest BCUT2D eigenvalue weighted by Crippen LogP contribution is 2.33. The number of carbonyl (C=O) groups excluding carboxylic acids is 1. The first-order valence-electron chi connectivity index (χ1n) is 11.9. The van der Waals surface area contributed by atoms with Gasteiger partial charge in [0.05, 0.1) is 6.54 Å². The molecule has 0 spiro atoms. The molecule has 1 atom stereocenters. The maximum Gasteiger partial charge on any atom is 0.245 e. The van der Waals surface area contributed by atoms with E-state index < -0.39 is 4.83 Å². The molecule has 0 fully saturated rings. The largest absolute Gasteiger partial charge is 0.306 e. The Morgan fingerprint density at radius 1 is 0.706 bits per heavy atom. The van der Waals surface area contributed by atoms with Crippen molar-refractivity contribution in [1.29, 1.82) is 0 Å². The molecule has 0 radical (unpaired) electrons.